The van der Waals surface area contributed by atoms with E-state index < -0.39 is 11.6 Å². The molecule has 0 aliphatic rings. The zero-order valence-electron chi connectivity index (χ0n) is 12.1. The Morgan fingerprint density at radius 2 is 1.74 bits per heavy atom. The van der Waals surface area contributed by atoms with Crippen LogP contribution in [0.25, 0.3) is 10.8 Å². The van der Waals surface area contributed by atoms with Crippen molar-refractivity contribution in [3.8, 4) is 0 Å². The van der Waals surface area contributed by atoms with Crippen molar-refractivity contribution in [1.82, 2.24) is 0 Å². The molecule has 3 aromatic carbocycles. The Labute approximate surface area is 136 Å². The van der Waals surface area contributed by atoms with Crippen molar-refractivity contribution in [3.63, 3.8) is 0 Å². The highest BCUT2D eigenvalue weighted by Gasteiger charge is 2.08. The highest BCUT2D eigenvalue weighted by atomic mass is 32.2. The summed E-state index contributed by atoms with van der Waals surface area (Å²) in [7, 11) is 0. The molecule has 2 nitrogen and oxygen atoms in total. The zero-order valence-corrected chi connectivity index (χ0v) is 12.9. The standard InChI is InChI=1S/C18H13F2NOS/c19-14-6-8-16(20)17(10-14)23-11-18(22)21-15-7-5-12-3-1-2-4-13(12)9-15/h1-10H,11H2,(H,21,22). The minimum Gasteiger partial charge on any atom is -0.325 e. The van der Waals surface area contributed by atoms with Crippen molar-refractivity contribution < 1.29 is 13.6 Å². The van der Waals surface area contributed by atoms with Crippen LogP contribution in [0.3, 0.4) is 0 Å². The fourth-order valence-electron chi connectivity index (χ4n) is 2.20. The highest BCUT2D eigenvalue weighted by molar-refractivity contribution is 8.00. The van der Waals surface area contributed by atoms with Crippen molar-refractivity contribution in [1.29, 1.82) is 0 Å². The van der Waals surface area contributed by atoms with E-state index in [4.69, 9.17) is 0 Å². The molecule has 3 aromatic rings. The van der Waals surface area contributed by atoms with E-state index >= 15 is 0 Å². The fourth-order valence-corrected chi connectivity index (χ4v) is 2.96. The second-order valence-electron chi connectivity index (χ2n) is 4.97. The van der Waals surface area contributed by atoms with Gasteiger partial charge >= 0.3 is 0 Å². The maximum Gasteiger partial charge on any atom is 0.234 e. The van der Waals surface area contributed by atoms with Gasteiger partial charge in [-0.25, -0.2) is 8.78 Å². The molecule has 0 aliphatic heterocycles. The molecule has 3 rings (SSSR count). The molecule has 0 fully saturated rings. The maximum atomic E-state index is 13.5. The summed E-state index contributed by atoms with van der Waals surface area (Å²) < 4.78 is 26.6. The van der Waals surface area contributed by atoms with Gasteiger partial charge in [0.1, 0.15) is 11.6 Å². The molecule has 0 saturated heterocycles. The summed E-state index contributed by atoms with van der Waals surface area (Å²) in [4.78, 5) is 12.1. The normalized spacial score (nSPS) is 10.7. The fraction of sp³-hybridized carbons (Fsp3) is 0.0556. The van der Waals surface area contributed by atoms with Crippen molar-refractivity contribution in [2.75, 3.05) is 11.1 Å². The third kappa shape index (κ3) is 3.87. The van der Waals surface area contributed by atoms with Gasteiger partial charge in [0, 0.05) is 10.6 Å². The lowest BCUT2D eigenvalue weighted by molar-refractivity contribution is -0.113. The first kappa shape index (κ1) is 15.5. The SMILES string of the molecule is O=C(CSc1cc(F)ccc1F)Nc1ccc2ccccc2c1. The van der Waals surface area contributed by atoms with Crippen molar-refractivity contribution in [3.05, 3.63) is 72.3 Å². The van der Waals surface area contributed by atoms with Crippen LogP contribution in [0.1, 0.15) is 0 Å². The van der Waals surface area contributed by atoms with Crippen LogP contribution in [0.5, 0.6) is 0 Å². The molecule has 0 aliphatic carbocycles. The lowest BCUT2D eigenvalue weighted by Gasteiger charge is -2.07. The van der Waals surface area contributed by atoms with Crippen LogP contribution < -0.4 is 5.32 Å². The van der Waals surface area contributed by atoms with Gasteiger partial charge in [0.05, 0.1) is 5.75 Å². The van der Waals surface area contributed by atoms with Crippen LogP contribution in [-0.4, -0.2) is 11.7 Å². The summed E-state index contributed by atoms with van der Waals surface area (Å²) in [5, 5.41) is 4.87. The average Bonchev–Trinajstić information content (AvgIpc) is 2.55. The lowest BCUT2D eigenvalue weighted by Crippen LogP contribution is -2.14. The van der Waals surface area contributed by atoms with Crippen molar-refractivity contribution >= 4 is 34.1 Å². The van der Waals surface area contributed by atoms with Gasteiger partial charge in [-0.3, -0.25) is 4.79 Å². The minimum atomic E-state index is -0.532. The molecule has 0 heterocycles. The summed E-state index contributed by atoms with van der Waals surface area (Å²) in [6, 6.07) is 16.6. The monoisotopic (exact) mass is 329 g/mol. The van der Waals surface area contributed by atoms with E-state index in [-0.39, 0.29) is 16.6 Å². The van der Waals surface area contributed by atoms with Crippen LogP contribution in [-0.2, 0) is 4.79 Å². The van der Waals surface area contributed by atoms with Gasteiger partial charge in [-0.15, -0.1) is 11.8 Å². The van der Waals surface area contributed by atoms with Gasteiger partial charge in [0.15, 0.2) is 0 Å². The van der Waals surface area contributed by atoms with Gasteiger partial charge in [0.25, 0.3) is 0 Å². The summed E-state index contributed by atoms with van der Waals surface area (Å²) in [6.45, 7) is 0. The maximum absolute atomic E-state index is 13.5. The smallest absolute Gasteiger partial charge is 0.234 e. The molecule has 5 heteroatoms. The van der Waals surface area contributed by atoms with Gasteiger partial charge < -0.3 is 5.32 Å². The number of amides is 1. The molecule has 0 atom stereocenters. The number of benzene rings is 3. The number of halogens is 2. The Bertz CT molecular complexity index is 867. The number of carbonyl (C=O) groups excluding carboxylic acids is 1. The van der Waals surface area contributed by atoms with E-state index in [0.717, 1.165) is 40.7 Å². The average molecular weight is 329 g/mol. The van der Waals surface area contributed by atoms with Crippen LogP contribution in [0.2, 0.25) is 0 Å². The van der Waals surface area contributed by atoms with Crippen LogP contribution in [0.4, 0.5) is 14.5 Å². The van der Waals surface area contributed by atoms with Crippen molar-refractivity contribution in [2.45, 2.75) is 4.90 Å². The molecular formula is C18H13F2NOS. The molecule has 0 radical (unpaired) electrons. The van der Waals surface area contributed by atoms with E-state index in [9.17, 15) is 13.6 Å². The predicted molar refractivity (Wildman–Crippen MR) is 89.7 cm³/mol. The first-order valence-corrected chi connectivity index (χ1v) is 7.97. The number of carbonyl (C=O) groups is 1. The zero-order chi connectivity index (χ0) is 16.2. The largest absolute Gasteiger partial charge is 0.325 e. The van der Waals surface area contributed by atoms with E-state index in [1.165, 1.54) is 0 Å². The summed E-state index contributed by atoms with van der Waals surface area (Å²) in [6.07, 6.45) is 0. The number of thioether (sulfide) groups is 1. The Morgan fingerprint density at radius 1 is 0.957 bits per heavy atom. The number of fused-ring (bicyclic) bond motifs is 1. The van der Waals surface area contributed by atoms with Gasteiger partial charge in [-0.05, 0) is 41.1 Å². The number of anilines is 1. The first-order valence-electron chi connectivity index (χ1n) is 6.98. The molecule has 0 unspecified atom stereocenters. The van der Waals surface area contributed by atoms with Crippen molar-refractivity contribution in [2.24, 2.45) is 0 Å². The van der Waals surface area contributed by atoms with Gasteiger partial charge in [-0.1, -0.05) is 30.3 Å². The molecule has 1 N–H and O–H groups in total. The van der Waals surface area contributed by atoms with E-state index in [1.54, 1.807) is 0 Å². The van der Waals surface area contributed by atoms with Crippen LogP contribution in [0.15, 0.2) is 65.6 Å². The Balaban J connectivity index is 1.65. The molecular weight excluding hydrogens is 316 g/mol. The van der Waals surface area contributed by atoms with Crippen LogP contribution >= 0.6 is 11.8 Å². The summed E-state index contributed by atoms with van der Waals surface area (Å²) in [5.41, 5.74) is 0.675. The predicted octanol–water partition coefficient (Wildman–Crippen LogP) is 4.85. The first-order chi connectivity index (χ1) is 11.1. The Morgan fingerprint density at radius 3 is 2.57 bits per heavy atom. The topological polar surface area (TPSA) is 29.1 Å². The molecule has 0 saturated carbocycles. The molecule has 0 bridgehead atoms. The van der Waals surface area contributed by atoms with Crippen LogP contribution in [0, 0.1) is 11.6 Å². The van der Waals surface area contributed by atoms with E-state index in [1.807, 2.05) is 42.5 Å². The Hall–Kier alpha value is -2.40. The third-order valence-electron chi connectivity index (χ3n) is 3.29. The molecule has 116 valence electrons. The second-order valence-corrected chi connectivity index (χ2v) is 5.99. The number of hydrogen-bond donors (Lipinski definition) is 1. The van der Waals surface area contributed by atoms with Gasteiger partial charge in [-0.2, -0.15) is 0 Å². The third-order valence-corrected chi connectivity index (χ3v) is 4.32. The number of rotatable bonds is 4. The van der Waals surface area contributed by atoms with Gasteiger partial charge in [0.2, 0.25) is 5.91 Å². The minimum absolute atomic E-state index is 0.00714. The number of nitrogens with one attached hydrogen (secondary N) is 1. The second kappa shape index (κ2) is 6.79. The highest BCUT2D eigenvalue weighted by Crippen LogP contribution is 2.23. The van der Waals surface area contributed by atoms with E-state index in [0.29, 0.717) is 5.69 Å². The quantitative estimate of drug-likeness (QED) is 0.693. The molecule has 0 aromatic heterocycles. The molecule has 23 heavy (non-hydrogen) atoms. The summed E-state index contributed by atoms with van der Waals surface area (Å²) >= 11 is 0.965. The number of hydrogen-bond acceptors (Lipinski definition) is 2. The molecule has 1 amide bonds. The molecule has 0 spiro atoms. The summed E-state index contributed by atoms with van der Waals surface area (Å²) in [5.74, 6) is -1.32. The Kier molecular flexibility index (Phi) is 4.57. The van der Waals surface area contributed by atoms with E-state index in [2.05, 4.69) is 5.32 Å². The lowest BCUT2D eigenvalue weighted by atomic mass is 10.1.